The van der Waals surface area contributed by atoms with Crippen LogP contribution in [0.5, 0.6) is 0 Å². The van der Waals surface area contributed by atoms with E-state index in [-0.39, 0.29) is 16.1 Å². The number of nitrogens with zero attached hydrogens (tertiary/aromatic N) is 2. The van der Waals surface area contributed by atoms with Gasteiger partial charge in [0.05, 0.1) is 11.9 Å². The van der Waals surface area contributed by atoms with E-state index >= 15 is 0 Å². The maximum absolute atomic E-state index is 11.6. The number of hydrogen-bond acceptors (Lipinski definition) is 5. The number of hydrogen-bond donors (Lipinski definition) is 2. The Labute approximate surface area is 87.4 Å². The molecular weight excluding hydrogens is 216 g/mol. The van der Waals surface area contributed by atoms with Gasteiger partial charge in [-0.25, -0.2) is 13.4 Å². The molecule has 1 aromatic rings. The quantitative estimate of drug-likeness (QED) is 0.719. The van der Waals surface area contributed by atoms with Crippen LogP contribution in [0.3, 0.4) is 0 Å². The van der Waals surface area contributed by atoms with Crippen LogP contribution in [0.25, 0.3) is 0 Å². The van der Waals surface area contributed by atoms with Crippen molar-refractivity contribution in [2.45, 2.75) is 18.4 Å². The molecule has 0 amide bonds. The van der Waals surface area contributed by atoms with E-state index in [1.807, 2.05) is 0 Å². The van der Waals surface area contributed by atoms with E-state index in [2.05, 4.69) is 10.3 Å². The van der Waals surface area contributed by atoms with Crippen LogP contribution in [0, 0.1) is 5.41 Å². The number of anilines is 1. The standard InChI is InChI=1S/C8H12N4O2S/c1-2-15(13,14)6-5-11-8-10-3-4-12(8)7(6)9/h5,9H,2-4H2,1H3,(H,10,11). The second kappa shape index (κ2) is 3.34. The summed E-state index contributed by atoms with van der Waals surface area (Å²) in [5, 5.41) is 10.8. The fourth-order valence-corrected chi connectivity index (χ4v) is 2.44. The highest BCUT2D eigenvalue weighted by Crippen LogP contribution is 2.10. The predicted molar refractivity (Wildman–Crippen MR) is 54.3 cm³/mol. The molecule has 0 unspecified atom stereocenters. The van der Waals surface area contributed by atoms with Gasteiger partial charge in [0.2, 0.25) is 5.95 Å². The summed E-state index contributed by atoms with van der Waals surface area (Å²) >= 11 is 0. The molecule has 2 heterocycles. The fourth-order valence-electron chi connectivity index (χ4n) is 1.51. The van der Waals surface area contributed by atoms with Crippen molar-refractivity contribution in [1.82, 2.24) is 9.55 Å². The second-order valence-corrected chi connectivity index (χ2v) is 5.52. The van der Waals surface area contributed by atoms with Crippen LogP contribution >= 0.6 is 0 Å². The monoisotopic (exact) mass is 228 g/mol. The van der Waals surface area contributed by atoms with Crippen molar-refractivity contribution in [2.75, 3.05) is 17.6 Å². The third kappa shape index (κ3) is 1.52. The average molecular weight is 228 g/mol. The first kappa shape index (κ1) is 10.2. The molecule has 2 N–H and O–H groups in total. The normalized spacial score (nSPS) is 14.7. The lowest BCUT2D eigenvalue weighted by Gasteiger charge is -2.06. The maximum atomic E-state index is 11.6. The molecule has 2 rings (SSSR count). The molecule has 0 saturated heterocycles. The van der Waals surface area contributed by atoms with Crippen molar-refractivity contribution in [2.24, 2.45) is 0 Å². The molecule has 0 radical (unpaired) electrons. The zero-order chi connectivity index (χ0) is 11.1. The van der Waals surface area contributed by atoms with Gasteiger partial charge in [-0.2, -0.15) is 0 Å². The number of rotatable bonds is 2. The van der Waals surface area contributed by atoms with Crippen LogP contribution in [-0.2, 0) is 16.4 Å². The zero-order valence-electron chi connectivity index (χ0n) is 8.32. The first-order valence-corrected chi connectivity index (χ1v) is 6.32. The van der Waals surface area contributed by atoms with Crippen LogP contribution in [0.1, 0.15) is 6.92 Å². The van der Waals surface area contributed by atoms with E-state index in [1.54, 1.807) is 11.5 Å². The van der Waals surface area contributed by atoms with E-state index in [9.17, 15) is 8.42 Å². The first-order chi connectivity index (χ1) is 7.06. The van der Waals surface area contributed by atoms with Gasteiger partial charge < -0.3 is 5.32 Å². The minimum Gasteiger partial charge on any atom is -0.354 e. The highest BCUT2D eigenvalue weighted by atomic mass is 32.2. The van der Waals surface area contributed by atoms with E-state index < -0.39 is 9.84 Å². The van der Waals surface area contributed by atoms with Crippen molar-refractivity contribution in [1.29, 1.82) is 5.41 Å². The van der Waals surface area contributed by atoms with Crippen LogP contribution in [-0.4, -0.2) is 30.3 Å². The minimum absolute atomic E-state index is 0.00661. The van der Waals surface area contributed by atoms with Gasteiger partial charge >= 0.3 is 0 Å². The molecule has 0 spiro atoms. The summed E-state index contributed by atoms with van der Waals surface area (Å²) in [4.78, 5) is 4.00. The Morgan fingerprint density at radius 2 is 2.40 bits per heavy atom. The Bertz CT molecular complexity index is 546. The summed E-state index contributed by atoms with van der Waals surface area (Å²) in [5.41, 5.74) is 0.0202. The van der Waals surface area contributed by atoms with Gasteiger partial charge in [0.1, 0.15) is 10.4 Å². The lowest BCUT2D eigenvalue weighted by Crippen LogP contribution is -2.26. The smallest absolute Gasteiger partial charge is 0.204 e. The van der Waals surface area contributed by atoms with Gasteiger partial charge in [0.15, 0.2) is 9.84 Å². The molecule has 0 saturated carbocycles. The molecule has 15 heavy (non-hydrogen) atoms. The van der Waals surface area contributed by atoms with Crippen LogP contribution in [0.4, 0.5) is 5.95 Å². The van der Waals surface area contributed by atoms with Gasteiger partial charge in [0, 0.05) is 13.1 Å². The molecular formula is C8H12N4O2S. The van der Waals surface area contributed by atoms with Crippen LogP contribution < -0.4 is 10.8 Å². The molecule has 0 atom stereocenters. The average Bonchev–Trinajstić information content (AvgIpc) is 2.66. The molecule has 82 valence electrons. The van der Waals surface area contributed by atoms with E-state index in [0.29, 0.717) is 19.0 Å². The van der Waals surface area contributed by atoms with Crippen molar-refractivity contribution >= 4 is 15.8 Å². The second-order valence-electron chi connectivity index (χ2n) is 3.28. The fraction of sp³-hybridized carbons (Fsp3) is 0.500. The SMILES string of the molecule is CCS(=O)(=O)c1cnc2n(c1=N)CCN2. The Hall–Kier alpha value is -1.37. The summed E-state index contributed by atoms with van der Waals surface area (Å²) in [6.45, 7) is 2.84. The van der Waals surface area contributed by atoms with Crippen molar-refractivity contribution < 1.29 is 8.42 Å². The summed E-state index contributed by atoms with van der Waals surface area (Å²) in [6, 6.07) is 0. The van der Waals surface area contributed by atoms with E-state index in [1.165, 1.54) is 6.20 Å². The number of sulfone groups is 1. The van der Waals surface area contributed by atoms with Gasteiger partial charge in [-0.15, -0.1) is 0 Å². The molecule has 1 aromatic heterocycles. The number of aromatic nitrogens is 2. The van der Waals surface area contributed by atoms with Gasteiger partial charge in [0.25, 0.3) is 0 Å². The van der Waals surface area contributed by atoms with Gasteiger partial charge in [-0.1, -0.05) is 6.92 Å². The Kier molecular flexibility index (Phi) is 2.26. The topological polar surface area (TPSA) is 87.8 Å². The third-order valence-electron chi connectivity index (χ3n) is 2.40. The van der Waals surface area contributed by atoms with E-state index in [4.69, 9.17) is 5.41 Å². The molecule has 0 bridgehead atoms. The number of fused-ring (bicyclic) bond motifs is 1. The molecule has 1 aliphatic heterocycles. The highest BCUT2D eigenvalue weighted by molar-refractivity contribution is 7.91. The summed E-state index contributed by atoms with van der Waals surface area (Å²) in [6.07, 6.45) is 1.26. The van der Waals surface area contributed by atoms with Crippen molar-refractivity contribution in [3.63, 3.8) is 0 Å². The van der Waals surface area contributed by atoms with E-state index in [0.717, 1.165) is 0 Å². The molecule has 1 aliphatic rings. The Morgan fingerprint density at radius 1 is 1.67 bits per heavy atom. The van der Waals surface area contributed by atoms with Crippen LogP contribution in [0.15, 0.2) is 11.1 Å². The predicted octanol–water partition coefficient (Wildman–Crippen LogP) is -0.418. The summed E-state index contributed by atoms with van der Waals surface area (Å²) < 4.78 is 24.8. The third-order valence-corrected chi connectivity index (χ3v) is 4.13. The summed E-state index contributed by atoms with van der Waals surface area (Å²) in [7, 11) is -3.35. The highest BCUT2D eigenvalue weighted by Gasteiger charge is 2.19. The largest absolute Gasteiger partial charge is 0.354 e. The minimum atomic E-state index is -3.35. The van der Waals surface area contributed by atoms with Crippen molar-refractivity contribution in [3.05, 3.63) is 11.7 Å². The first-order valence-electron chi connectivity index (χ1n) is 4.67. The summed E-state index contributed by atoms with van der Waals surface area (Å²) in [5.74, 6) is 0.558. The van der Waals surface area contributed by atoms with Crippen molar-refractivity contribution in [3.8, 4) is 0 Å². The number of nitrogens with one attached hydrogen (secondary N) is 2. The Morgan fingerprint density at radius 3 is 3.07 bits per heavy atom. The Balaban J connectivity index is 2.68. The molecule has 0 aromatic carbocycles. The van der Waals surface area contributed by atoms with Gasteiger partial charge in [-0.3, -0.25) is 9.98 Å². The molecule has 0 aliphatic carbocycles. The van der Waals surface area contributed by atoms with Crippen LogP contribution in [0.2, 0.25) is 0 Å². The molecule has 6 nitrogen and oxygen atoms in total. The zero-order valence-corrected chi connectivity index (χ0v) is 9.13. The maximum Gasteiger partial charge on any atom is 0.204 e. The van der Waals surface area contributed by atoms with Gasteiger partial charge in [-0.05, 0) is 0 Å². The lowest BCUT2D eigenvalue weighted by atomic mass is 10.6. The lowest BCUT2D eigenvalue weighted by molar-refractivity contribution is 0.590. The molecule has 0 fully saturated rings. The molecule has 7 heteroatoms.